The van der Waals surface area contributed by atoms with Crippen molar-refractivity contribution in [3.8, 4) is 0 Å². The van der Waals surface area contributed by atoms with Crippen LogP contribution in [-0.4, -0.2) is 35.1 Å². The molecule has 0 aromatic carbocycles. The molecule has 0 aliphatic carbocycles. The van der Waals surface area contributed by atoms with Crippen molar-refractivity contribution in [2.75, 3.05) is 13.1 Å². The van der Waals surface area contributed by atoms with Crippen LogP contribution in [0.5, 0.6) is 0 Å². The highest BCUT2D eigenvalue weighted by molar-refractivity contribution is 5.09. The molecule has 2 rings (SSSR count). The van der Waals surface area contributed by atoms with Gasteiger partial charge < -0.3 is 5.32 Å². The van der Waals surface area contributed by atoms with Crippen LogP contribution in [0.2, 0.25) is 0 Å². The summed E-state index contributed by atoms with van der Waals surface area (Å²) < 4.78 is 0. The lowest BCUT2D eigenvalue weighted by Crippen LogP contribution is -2.59. The second kappa shape index (κ2) is 7.19. The fourth-order valence-electron chi connectivity index (χ4n) is 3.08. The molecule has 1 aromatic heterocycles. The van der Waals surface area contributed by atoms with Gasteiger partial charge in [-0.1, -0.05) is 40.2 Å². The number of pyridine rings is 1. The summed E-state index contributed by atoms with van der Waals surface area (Å²) in [5.74, 6) is 1.41. The van der Waals surface area contributed by atoms with Gasteiger partial charge in [0.2, 0.25) is 0 Å². The Labute approximate surface area is 123 Å². The molecule has 0 saturated carbocycles. The summed E-state index contributed by atoms with van der Waals surface area (Å²) in [5.41, 5.74) is 1.32. The van der Waals surface area contributed by atoms with E-state index in [9.17, 15) is 0 Å². The van der Waals surface area contributed by atoms with Crippen molar-refractivity contribution >= 4 is 0 Å². The maximum atomic E-state index is 4.25. The molecule has 112 valence electrons. The normalized spacial score (nSPS) is 25.9. The zero-order chi connectivity index (χ0) is 14.5. The van der Waals surface area contributed by atoms with Crippen molar-refractivity contribution in [3.63, 3.8) is 0 Å². The lowest BCUT2D eigenvalue weighted by Gasteiger charge is -2.44. The number of piperazine rings is 1. The topological polar surface area (TPSA) is 28.2 Å². The number of aromatic nitrogens is 1. The Morgan fingerprint density at radius 1 is 1.40 bits per heavy atom. The molecule has 0 bridgehead atoms. The molecule has 3 nitrogen and oxygen atoms in total. The molecule has 1 fully saturated rings. The molecule has 3 unspecified atom stereocenters. The molecule has 3 atom stereocenters. The van der Waals surface area contributed by atoms with Gasteiger partial charge >= 0.3 is 0 Å². The van der Waals surface area contributed by atoms with E-state index in [0.717, 1.165) is 25.6 Å². The third-order valence-corrected chi connectivity index (χ3v) is 4.70. The minimum Gasteiger partial charge on any atom is -0.311 e. The first-order valence-electron chi connectivity index (χ1n) is 7.98. The summed E-state index contributed by atoms with van der Waals surface area (Å²) in [7, 11) is 0. The Hall–Kier alpha value is -0.930. The average molecular weight is 275 g/mol. The van der Waals surface area contributed by atoms with Gasteiger partial charge in [-0.05, 0) is 23.5 Å². The van der Waals surface area contributed by atoms with Crippen molar-refractivity contribution in [2.24, 2.45) is 11.8 Å². The van der Waals surface area contributed by atoms with E-state index in [1.165, 1.54) is 12.0 Å². The van der Waals surface area contributed by atoms with E-state index in [-0.39, 0.29) is 0 Å². The van der Waals surface area contributed by atoms with E-state index in [4.69, 9.17) is 0 Å². The highest BCUT2D eigenvalue weighted by atomic mass is 15.2. The molecule has 1 aliphatic heterocycles. The van der Waals surface area contributed by atoms with Crippen molar-refractivity contribution in [1.82, 2.24) is 15.2 Å². The van der Waals surface area contributed by atoms with Crippen molar-refractivity contribution in [2.45, 2.75) is 52.7 Å². The number of nitrogens with one attached hydrogen (secondary N) is 1. The first-order valence-corrected chi connectivity index (χ1v) is 7.98. The van der Waals surface area contributed by atoms with Gasteiger partial charge in [0, 0.05) is 44.1 Å². The van der Waals surface area contributed by atoms with Crippen LogP contribution >= 0.6 is 0 Å². The molecule has 1 N–H and O–H groups in total. The van der Waals surface area contributed by atoms with E-state index in [1.54, 1.807) is 0 Å². The molecule has 1 aliphatic rings. The average Bonchev–Trinajstić information content (AvgIpc) is 2.47. The summed E-state index contributed by atoms with van der Waals surface area (Å²) in [6.07, 6.45) is 5.09. The lowest BCUT2D eigenvalue weighted by molar-refractivity contribution is 0.0752. The van der Waals surface area contributed by atoms with Gasteiger partial charge in [0.05, 0.1) is 0 Å². The Morgan fingerprint density at radius 3 is 2.80 bits per heavy atom. The van der Waals surface area contributed by atoms with Crippen LogP contribution in [0.15, 0.2) is 24.5 Å². The van der Waals surface area contributed by atoms with Crippen LogP contribution in [0.25, 0.3) is 0 Å². The van der Waals surface area contributed by atoms with E-state index in [2.05, 4.69) is 49.0 Å². The molecule has 0 radical (unpaired) electrons. The number of rotatable bonds is 5. The van der Waals surface area contributed by atoms with E-state index in [0.29, 0.717) is 18.0 Å². The van der Waals surface area contributed by atoms with Crippen molar-refractivity contribution in [1.29, 1.82) is 0 Å². The molecule has 20 heavy (non-hydrogen) atoms. The third-order valence-electron chi connectivity index (χ3n) is 4.70. The Morgan fingerprint density at radius 2 is 2.20 bits per heavy atom. The van der Waals surface area contributed by atoms with Crippen LogP contribution in [-0.2, 0) is 6.54 Å². The van der Waals surface area contributed by atoms with Gasteiger partial charge in [-0.15, -0.1) is 0 Å². The van der Waals surface area contributed by atoms with Gasteiger partial charge in [0.1, 0.15) is 0 Å². The summed E-state index contributed by atoms with van der Waals surface area (Å²) in [5, 5.41) is 3.76. The molecule has 2 heterocycles. The zero-order valence-electron chi connectivity index (χ0n) is 13.3. The fourth-order valence-corrected chi connectivity index (χ4v) is 3.08. The van der Waals surface area contributed by atoms with Crippen LogP contribution < -0.4 is 5.32 Å². The largest absolute Gasteiger partial charge is 0.311 e. The Balaban J connectivity index is 2.07. The van der Waals surface area contributed by atoms with Crippen molar-refractivity contribution < 1.29 is 0 Å². The lowest BCUT2D eigenvalue weighted by atomic mass is 9.92. The van der Waals surface area contributed by atoms with Gasteiger partial charge in [0.15, 0.2) is 0 Å². The van der Waals surface area contributed by atoms with Gasteiger partial charge in [-0.2, -0.15) is 0 Å². The highest BCUT2D eigenvalue weighted by Crippen LogP contribution is 2.21. The fraction of sp³-hybridized carbons (Fsp3) is 0.706. The number of hydrogen-bond acceptors (Lipinski definition) is 3. The molecule has 3 heteroatoms. The molecule has 0 spiro atoms. The summed E-state index contributed by atoms with van der Waals surface area (Å²) >= 11 is 0. The minimum absolute atomic E-state index is 0.617. The molecule has 1 saturated heterocycles. The monoisotopic (exact) mass is 275 g/mol. The second-order valence-electron chi connectivity index (χ2n) is 6.50. The van der Waals surface area contributed by atoms with Crippen LogP contribution in [0.1, 0.15) is 39.7 Å². The van der Waals surface area contributed by atoms with E-state index >= 15 is 0 Å². The van der Waals surface area contributed by atoms with E-state index < -0.39 is 0 Å². The SMILES string of the molecule is CCC(C)C1CN(Cc2cccnc2)C(C(C)C)CN1. The standard InChI is InChI=1S/C17H29N3/c1-5-14(4)16-12-20(17(10-19-16)13(2)3)11-15-7-6-8-18-9-15/h6-9,13-14,16-17,19H,5,10-12H2,1-4H3. The molecule has 1 aromatic rings. The first-order chi connectivity index (χ1) is 9.61. The molecule has 0 amide bonds. The zero-order valence-corrected chi connectivity index (χ0v) is 13.3. The van der Waals surface area contributed by atoms with Crippen LogP contribution in [0.3, 0.4) is 0 Å². The van der Waals surface area contributed by atoms with Crippen LogP contribution in [0, 0.1) is 11.8 Å². The van der Waals surface area contributed by atoms with Gasteiger partial charge in [0.25, 0.3) is 0 Å². The minimum atomic E-state index is 0.617. The quantitative estimate of drug-likeness (QED) is 0.895. The Bertz CT molecular complexity index is 390. The predicted molar refractivity (Wildman–Crippen MR) is 84.5 cm³/mol. The predicted octanol–water partition coefficient (Wildman–Crippen LogP) is 2.93. The summed E-state index contributed by atoms with van der Waals surface area (Å²) in [6, 6.07) is 5.46. The number of hydrogen-bond donors (Lipinski definition) is 1. The second-order valence-corrected chi connectivity index (χ2v) is 6.50. The first kappa shape index (κ1) is 15.5. The van der Waals surface area contributed by atoms with Gasteiger partial charge in [-0.25, -0.2) is 0 Å². The highest BCUT2D eigenvalue weighted by Gasteiger charge is 2.31. The Kier molecular flexibility index (Phi) is 5.55. The van der Waals surface area contributed by atoms with Gasteiger partial charge in [-0.3, -0.25) is 9.88 Å². The number of nitrogens with zero attached hydrogens (tertiary/aromatic N) is 2. The summed E-state index contributed by atoms with van der Waals surface area (Å²) in [4.78, 5) is 6.90. The van der Waals surface area contributed by atoms with Crippen molar-refractivity contribution in [3.05, 3.63) is 30.1 Å². The third kappa shape index (κ3) is 3.80. The molecular weight excluding hydrogens is 246 g/mol. The maximum absolute atomic E-state index is 4.25. The van der Waals surface area contributed by atoms with E-state index in [1.807, 2.05) is 18.5 Å². The summed E-state index contributed by atoms with van der Waals surface area (Å²) in [6.45, 7) is 12.6. The van der Waals surface area contributed by atoms with Crippen LogP contribution in [0.4, 0.5) is 0 Å². The molecular formula is C17H29N3. The maximum Gasteiger partial charge on any atom is 0.0312 e. The smallest absolute Gasteiger partial charge is 0.0312 e.